The quantitative estimate of drug-likeness (QED) is 0.702. The van der Waals surface area contributed by atoms with Gasteiger partial charge in [0, 0.05) is 25.2 Å². The van der Waals surface area contributed by atoms with Crippen LogP contribution in [0.4, 0.5) is 0 Å². The molecule has 0 amide bonds. The summed E-state index contributed by atoms with van der Waals surface area (Å²) < 4.78 is 31.2. The van der Waals surface area contributed by atoms with Crippen LogP contribution in [0.5, 0.6) is 0 Å². The molecule has 1 aliphatic heterocycles. The van der Waals surface area contributed by atoms with Crippen LogP contribution in [0.2, 0.25) is 0 Å². The fraction of sp³-hybridized carbons (Fsp3) is 0.923. The Morgan fingerprint density at radius 3 is 2.55 bits per heavy atom. The first-order chi connectivity index (χ1) is 9.44. The van der Waals surface area contributed by atoms with Crippen LogP contribution in [0.1, 0.15) is 40.0 Å². The van der Waals surface area contributed by atoms with Gasteiger partial charge in [-0.3, -0.25) is 4.79 Å². The zero-order valence-electron chi connectivity index (χ0n) is 12.6. The molecule has 0 aromatic heterocycles. The van der Waals surface area contributed by atoms with E-state index in [1.54, 1.807) is 11.2 Å². The van der Waals surface area contributed by atoms with Crippen LogP contribution in [-0.4, -0.2) is 56.2 Å². The first-order valence-electron chi connectivity index (χ1n) is 7.33. The zero-order chi connectivity index (χ0) is 15.2. The molecule has 1 saturated heterocycles. The summed E-state index contributed by atoms with van der Waals surface area (Å²) in [6.07, 6.45) is 1.58. The van der Waals surface area contributed by atoms with Crippen molar-refractivity contribution in [2.75, 3.05) is 25.4 Å². The van der Waals surface area contributed by atoms with Crippen LogP contribution in [0.25, 0.3) is 0 Å². The van der Waals surface area contributed by atoms with Crippen molar-refractivity contribution in [2.45, 2.75) is 52.1 Å². The first-order valence-corrected chi connectivity index (χ1v) is 8.94. The third-order valence-corrected chi connectivity index (χ3v) is 5.52. The van der Waals surface area contributed by atoms with Crippen LogP contribution in [0.15, 0.2) is 0 Å². The normalized spacial score (nSPS) is 24.6. The number of esters is 1. The maximum atomic E-state index is 12.4. The molecule has 1 heterocycles. The number of sulfonamides is 1. The van der Waals surface area contributed by atoms with Crippen molar-refractivity contribution in [3.05, 3.63) is 0 Å². The van der Waals surface area contributed by atoms with Crippen molar-refractivity contribution in [1.29, 1.82) is 0 Å². The Hall–Kier alpha value is -0.660. The Bertz CT molecular complexity index is 411. The topological polar surface area (TPSA) is 75.7 Å². The highest BCUT2D eigenvalue weighted by Gasteiger charge is 2.34. The van der Waals surface area contributed by atoms with Crippen molar-refractivity contribution in [3.8, 4) is 0 Å². The molecular formula is C13H26N2O4S. The number of nitrogens with zero attached hydrogens (tertiary/aromatic N) is 1. The summed E-state index contributed by atoms with van der Waals surface area (Å²) >= 11 is 0. The van der Waals surface area contributed by atoms with E-state index in [0.29, 0.717) is 13.1 Å². The summed E-state index contributed by atoms with van der Waals surface area (Å²) in [5.41, 5.74) is 0. The van der Waals surface area contributed by atoms with Gasteiger partial charge in [0.05, 0.1) is 18.8 Å². The number of carbonyl (C=O) groups is 1. The zero-order valence-corrected chi connectivity index (χ0v) is 13.4. The molecule has 0 radical (unpaired) electrons. The van der Waals surface area contributed by atoms with E-state index >= 15 is 0 Å². The highest BCUT2D eigenvalue weighted by molar-refractivity contribution is 7.89. The molecule has 1 aliphatic rings. The minimum absolute atomic E-state index is 0.0232. The van der Waals surface area contributed by atoms with Crippen molar-refractivity contribution >= 4 is 16.0 Å². The molecule has 118 valence electrons. The maximum Gasteiger partial charge on any atom is 0.306 e. The third-order valence-electron chi connectivity index (χ3n) is 3.64. The molecule has 0 bridgehead atoms. The second-order valence-corrected chi connectivity index (χ2v) is 7.06. The average Bonchev–Trinajstić information content (AvgIpc) is 2.45. The number of ether oxygens (including phenoxy) is 1. The van der Waals surface area contributed by atoms with E-state index in [4.69, 9.17) is 4.74 Å². The highest BCUT2D eigenvalue weighted by Crippen LogP contribution is 2.17. The van der Waals surface area contributed by atoms with Crippen molar-refractivity contribution in [2.24, 2.45) is 0 Å². The van der Waals surface area contributed by atoms with Crippen LogP contribution >= 0.6 is 0 Å². The number of rotatable bonds is 7. The number of piperazine rings is 1. The van der Waals surface area contributed by atoms with Gasteiger partial charge < -0.3 is 10.1 Å². The minimum Gasteiger partial charge on any atom is -0.466 e. The molecular weight excluding hydrogens is 280 g/mol. The Balaban J connectivity index is 2.69. The summed E-state index contributed by atoms with van der Waals surface area (Å²) in [5, 5.41) is 3.36. The lowest BCUT2D eigenvalue weighted by molar-refractivity contribution is -0.142. The number of hydrogen-bond acceptors (Lipinski definition) is 5. The summed E-state index contributed by atoms with van der Waals surface area (Å²) in [7, 11) is -3.41. The fourth-order valence-corrected chi connectivity index (χ4v) is 4.10. The van der Waals surface area contributed by atoms with Gasteiger partial charge in [-0.1, -0.05) is 13.8 Å². The molecule has 0 spiro atoms. The summed E-state index contributed by atoms with van der Waals surface area (Å²) in [6.45, 7) is 7.16. The minimum atomic E-state index is -3.41. The van der Waals surface area contributed by atoms with Crippen LogP contribution in [0, 0.1) is 0 Å². The Labute approximate surface area is 121 Å². The number of hydrogen-bond donors (Lipinski definition) is 1. The molecule has 20 heavy (non-hydrogen) atoms. The maximum absolute atomic E-state index is 12.4. The third kappa shape index (κ3) is 4.71. The number of nitrogens with one attached hydrogen (secondary N) is 1. The largest absolute Gasteiger partial charge is 0.466 e. The fourth-order valence-electron chi connectivity index (χ4n) is 2.36. The lowest BCUT2D eigenvalue weighted by atomic mass is 10.1. The molecule has 2 atom stereocenters. The smallest absolute Gasteiger partial charge is 0.306 e. The van der Waals surface area contributed by atoms with Gasteiger partial charge in [-0.05, 0) is 19.8 Å². The SMILES string of the molecule is CCOC(=O)CCS(=O)(=O)N1CC(CC)NCC1CC. The van der Waals surface area contributed by atoms with Gasteiger partial charge in [-0.25, -0.2) is 8.42 Å². The van der Waals surface area contributed by atoms with Crippen molar-refractivity contribution < 1.29 is 17.9 Å². The van der Waals surface area contributed by atoms with E-state index in [1.165, 1.54) is 0 Å². The van der Waals surface area contributed by atoms with Gasteiger partial charge in [0.25, 0.3) is 0 Å². The monoisotopic (exact) mass is 306 g/mol. The second-order valence-electron chi connectivity index (χ2n) is 5.02. The number of carbonyl (C=O) groups excluding carboxylic acids is 1. The Kier molecular flexibility index (Phi) is 6.91. The standard InChI is InChI=1S/C13H26N2O4S/c1-4-11-10-15(12(5-2)9-14-11)20(17,18)8-7-13(16)19-6-3/h11-12,14H,4-10H2,1-3H3. The molecule has 2 unspecified atom stereocenters. The van der Waals surface area contributed by atoms with E-state index < -0.39 is 16.0 Å². The molecule has 7 heteroatoms. The average molecular weight is 306 g/mol. The molecule has 6 nitrogen and oxygen atoms in total. The highest BCUT2D eigenvalue weighted by atomic mass is 32.2. The lowest BCUT2D eigenvalue weighted by Crippen LogP contribution is -2.58. The molecule has 0 aromatic carbocycles. The lowest BCUT2D eigenvalue weighted by Gasteiger charge is -2.38. The predicted molar refractivity (Wildman–Crippen MR) is 77.9 cm³/mol. The molecule has 1 rings (SSSR count). The van der Waals surface area contributed by atoms with E-state index in [-0.39, 0.29) is 30.9 Å². The van der Waals surface area contributed by atoms with E-state index in [2.05, 4.69) is 5.32 Å². The summed E-state index contributed by atoms with van der Waals surface area (Å²) in [4.78, 5) is 11.3. The summed E-state index contributed by atoms with van der Waals surface area (Å²) in [5.74, 6) is -0.620. The molecule has 1 N–H and O–H groups in total. The second kappa shape index (κ2) is 7.95. The van der Waals surface area contributed by atoms with Gasteiger partial charge in [-0.2, -0.15) is 4.31 Å². The Morgan fingerprint density at radius 2 is 2.00 bits per heavy atom. The van der Waals surface area contributed by atoms with Crippen LogP contribution < -0.4 is 5.32 Å². The van der Waals surface area contributed by atoms with Gasteiger partial charge in [0.2, 0.25) is 10.0 Å². The van der Waals surface area contributed by atoms with Crippen molar-refractivity contribution in [1.82, 2.24) is 9.62 Å². The molecule has 1 fully saturated rings. The molecule has 0 saturated carbocycles. The molecule has 0 aliphatic carbocycles. The van der Waals surface area contributed by atoms with Gasteiger partial charge in [0.15, 0.2) is 0 Å². The van der Waals surface area contributed by atoms with E-state index in [1.807, 2.05) is 13.8 Å². The van der Waals surface area contributed by atoms with E-state index in [0.717, 1.165) is 12.8 Å². The van der Waals surface area contributed by atoms with E-state index in [9.17, 15) is 13.2 Å². The first kappa shape index (κ1) is 17.4. The van der Waals surface area contributed by atoms with Gasteiger partial charge >= 0.3 is 5.97 Å². The van der Waals surface area contributed by atoms with Gasteiger partial charge in [-0.15, -0.1) is 0 Å². The van der Waals surface area contributed by atoms with Crippen LogP contribution in [0.3, 0.4) is 0 Å². The Morgan fingerprint density at radius 1 is 1.30 bits per heavy atom. The summed E-state index contributed by atoms with van der Waals surface area (Å²) in [6, 6.07) is 0.167. The predicted octanol–water partition coefficient (Wildman–Crippen LogP) is 0.732. The molecule has 0 aromatic rings. The van der Waals surface area contributed by atoms with Gasteiger partial charge in [0.1, 0.15) is 0 Å². The van der Waals surface area contributed by atoms with Crippen LogP contribution in [-0.2, 0) is 19.6 Å². The van der Waals surface area contributed by atoms with Crippen molar-refractivity contribution in [3.63, 3.8) is 0 Å².